The molecule has 2 aliphatic heterocycles. The molecule has 5 nitrogen and oxygen atoms in total. The van der Waals surface area contributed by atoms with Gasteiger partial charge in [-0.3, -0.25) is 9.59 Å². The summed E-state index contributed by atoms with van der Waals surface area (Å²) in [5.41, 5.74) is 3.77. The number of hydrogen-bond donors (Lipinski definition) is 1. The summed E-state index contributed by atoms with van der Waals surface area (Å²) in [6, 6.07) is 13.7. The fraction of sp³-hybridized carbons (Fsp3) is 0.364. The van der Waals surface area contributed by atoms with E-state index in [0.29, 0.717) is 19.8 Å². The highest BCUT2D eigenvalue weighted by Gasteiger charge is 2.27. The van der Waals surface area contributed by atoms with E-state index in [2.05, 4.69) is 11.4 Å². The molecule has 4 rings (SSSR count). The normalized spacial score (nSPS) is 20.8. The van der Waals surface area contributed by atoms with Crippen molar-refractivity contribution in [1.29, 1.82) is 0 Å². The molecule has 0 bridgehead atoms. The van der Waals surface area contributed by atoms with Gasteiger partial charge in [-0.2, -0.15) is 0 Å². The molecule has 5 heteroatoms. The van der Waals surface area contributed by atoms with E-state index >= 15 is 0 Å². The average molecular weight is 365 g/mol. The molecule has 1 saturated heterocycles. The molecule has 2 heterocycles. The van der Waals surface area contributed by atoms with Crippen LogP contribution in [0.2, 0.25) is 0 Å². The van der Waals surface area contributed by atoms with Crippen LogP contribution in [-0.4, -0.2) is 37.6 Å². The van der Waals surface area contributed by atoms with Gasteiger partial charge >= 0.3 is 0 Å². The number of rotatable bonds is 5. The first-order valence-corrected chi connectivity index (χ1v) is 9.37. The molecule has 2 aliphatic rings. The molecule has 1 N–H and O–H groups in total. The zero-order valence-corrected chi connectivity index (χ0v) is 15.4. The van der Waals surface area contributed by atoms with E-state index in [-0.39, 0.29) is 23.7 Å². The summed E-state index contributed by atoms with van der Waals surface area (Å²) in [7, 11) is 0. The molecular weight excluding hydrogens is 342 g/mol. The molecule has 0 saturated carbocycles. The Morgan fingerprint density at radius 3 is 2.81 bits per heavy atom. The monoisotopic (exact) mass is 365 g/mol. The van der Waals surface area contributed by atoms with E-state index in [1.165, 1.54) is 0 Å². The molecule has 0 aromatic heterocycles. The van der Waals surface area contributed by atoms with Crippen molar-refractivity contribution in [3.05, 3.63) is 53.6 Å². The number of ketones is 1. The number of benzene rings is 2. The van der Waals surface area contributed by atoms with Gasteiger partial charge in [-0.25, -0.2) is 0 Å². The predicted molar refractivity (Wildman–Crippen MR) is 102 cm³/mol. The van der Waals surface area contributed by atoms with Crippen LogP contribution in [-0.2, 0) is 16.0 Å². The molecule has 0 unspecified atom stereocenters. The first-order valence-electron chi connectivity index (χ1n) is 9.37. The topological polar surface area (TPSA) is 64.6 Å². The van der Waals surface area contributed by atoms with Crippen molar-refractivity contribution in [2.45, 2.75) is 25.9 Å². The van der Waals surface area contributed by atoms with Crippen LogP contribution in [0.3, 0.4) is 0 Å². The second-order valence-corrected chi connectivity index (χ2v) is 7.17. The summed E-state index contributed by atoms with van der Waals surface area (Å²) in [5.74, 6) is 0.910. The lowest BCUT2D eigenvalue weighted by atomic mass is 9.95. The van der Waals surface area contributed by atoms with Crippen LogP contribution < -0.4 is 10.1 Å². The molecule has 1 amide bonds. The lowest BCUT2D eigenvalue weighted by Crippen LogP contribution is -2.38. The number of Topliss-reactive ketones (excluding diaryl/α,β-unsaturated/α-hetero) is 1. The smallest absolute Gasteiger partial charge is 0.225 e. The first kappa shape index (κ1) is 17.7. The number of fused-ring (bicyclic) bond motifs is 1. The highest BCUT2D eigenvalue weighted by Crippen LogP contribution is 2.34. The number of carbonyl (C=O) groups excluding carboxylic acids is 2. The Labute approximate surface area is 158 Å². The van der Waals surface area contributed by atoms with Crippen LogP contribution >= 0.6 is 0 Å². The van der Waals surface area contributed by atoms with Crippen molar-refractivity contribution in [2.24, 2.45) is 5.92 Å². The fourth-order valence-electron chi connectivity index (χ4n) is 3.74. The summed E-state index contributed by atoms with van der Waals surface area (Å²) in [6.45, 7) is 3.25. The van der Waals surface area contributed by atoms with Gasteiger partial charge in [-0.15, -0.1) is 0 Å². The molecule has 2 atom stereocenters. The average Bonchev–Trinajstić information content (AvgIpc) is 3.35. The van der Waals surface area contributed by atoms with Gasteiger partial charge < -0.3 is 14.8 Å². The van der Waals surface area contributed by atoms with Crippen LogP contribution in [0.15, 0.2) is 42.5 Å². The number of carbonyl (C=O) groups is 2. The Morgan fingerprint density at radius 1 is 1.19 bits per heavy atom. The SMILES string of the molecule is CC(=O)c1ccccc1-c1ccc2c(c1)C[C@H](CNC(=O)[C@@H]1CCOC1)O2. The third-order valence-corrected chi connectivity index (χ3v) is 5.22. The number of ether oxygens (including phenoxy) is 2. The Balaban J connectivity index is 1.44. The summed E-state index contributed by atoms with van der Waals surface area (Å²) < 4.78 is 11.2. The van der Waals surface area contributed by atoms with E-state index in [4.69, 9.17) is 9.47 Å². The van der Waals surface area contributed by atoms with Gasteiger partial charge in [-0.05, 0) is 42.2 Å². The Hall–Kier alpha value is -2.66. The minimum Gasteiger partial charge on any atom is -0.488 e. The molecule has 27 heavy (non-hydrogen) atoms. The Morgan fingerprint density at radius 2 is 2.04 bits per heavy atom. The summed E-state index contributed by atoms with van der Waals surface area (Å²) in [4.78, 5) is 24.0. The van der Waals surface area contributed by atoms with Gasteiger partial charge in [0.05, 0.1) is 19.1 Å². The van der Waals surface area contributed by atoms with Gasteiger partial charge in [0.25, 0.3) is 0 Å². The third-order valence-electron chi connectivity index (χ3n) is 5.22. The first-order chi connectivity index (χ1) is 13.1. The van der Waals surface area contributed by atoms with Crippen LogP contribution in [0.5, 0.6) is 5.75 Å². The summed E-state index contributed by atoms with van der Waals surface area (Å²) in [5, 5.41) is 2.98. The Bertz CT molecular complexity index is 870. The summed E-state index contributed by atoms with van der Waals surface area (Å²) >= 11 is 0. The summed E-state index contributed by atoms with van der Waals surface area (Å²) in [6.07, 6.45) is 1.47. The largest absolute Gasteiger partial charge is 0.488 e. The molecule has 0 radical (unpaired) electrons. The second-order valence-electron chi connectivity index (χ2n) is 7.17. The quantitative estimate of drug-likeness (QED) is 0.828. The van der Waals surface area contributed by atoms with Gasteiger partial charge in [0.2, 0.25) is 5.91 Å². The molecule has 140 valence electrons. The zero-order valence-electron chi connectivity index (χ0n) is 15.4. The fourth-order valence-corrected chi connectivity index (χ4v) is 3.74. The molecule has 0 aliphatic carbocycles. The van der Waals surface area contributed by atoms with Gasteiger partial charge in [-0.1, -0.05) is 30.3 Å². The lowest BCUT2D eigenvalue weighted by molar-refractivity contribution is -0.125. The highest BCUT2D eigenvalue weighted by atomic mass is 16.5. The molecular formula is C22H23NO4. The van der Waals surface area contributed by atoms with E-state index in [0.717, 1.165) is 40.8 Å². The Kier molecular flexibility index (Phi) is 4.94. The van der Waals surface area contributed by atoms with Crippen molar-refractivity contribution in [3.63, 3.8) is 0 Å². The van der Waals surface area contributed by atoms with E-state index in [9.17, 15) is 9.59 Å². The minimum atomic E-state index is -0.0652. The molecule has 0 spiro atoms. The minimum absolute atomic E-state index is 0.0385. The zero-order chi connectivity index (χ0) is 18.8. The van der Waals surface area contributed by atoms with Crippen molar-refractivity contribution >= 4 is 11.7 Å². The standard InChI is InChI=1S/C22H23NO4/c1-14(24)19-4-2-3-5-20(19)15-6-7-21-17(10-15)11-18(27-21)12-23-22(25)16-8-9-26-13-16/h2-7,10,16,18H,8-9,11-13H2,1H3,(H,23,25)/t16-,18-/m1/s1. The maximum absolute atomic E-state index is 12.1. The number of hydrogen-bond acceptors (Lipinski definition) is 4. The van der Waals surface area contributed by atoms with E-state index < -0.39 is 0 Å². The number of amides is 1. The van der Waals surface area contributed by atoms with Crippen molar-refractivity contribution in [1.82, 2.24) is 5.32 Å². The van der Waals surface area contributed by atoms with Crippen LogP contribution in [0, 0.1) is 5.92 Å². The predicted octanol–water partition coefficient (Wildman–Crippen LogP) is 3.01. The maximum atomic E-state index is 12.1. The second kappa shape index (κ2) is 7.53. The van der Waals surface area contributed by atoms with Crippen molar-refractivity contribution in [3.8, 4) is 16.9 Å². The van der Waals surface area contributed by atoms with Crippen molar-refractivity contribution in [2.75, 3.05) is 19.8 Å². The van der Waals surface area contributed by atoms with E-state index in [1.54, 1.807) is 6.92 Å². The highest BCUT2D eigenvalue weighted by molar-refractivity contribution is 6.00. The van der Waals surface area contributed by atoms with Crippen LogP contribution in [0.1, 0.15) is 29.3 Å². The van der Waals surface area contributed by atoms with Gasteiger partial charge in [0.1, 0.15) is 11.9 Å². The van der Waals surface area contributed by atoms with Gasteiger partial charge in [0, 0.05) is 18.6 Å². The lowest BCUT2D eigenvalue weighted by Gasteiger charge is -2.14. The molecule has 1 fully saturated rings. The van der Waals surface area contributed by atoms with E-state index in [1.807, 2.05) is 36.4 Å². The van der Waals surface area contributed by atoms with Crippen molar-refractivity contribution < 1.29 is 19.1 Å². The van der Waals surface area contributed by atoms with Gasteiger partial charge in [0.15, 0.2) is 5.78 Å². The molecule has 2 aromatic carbocycles. The molecule has 2 aromatic rings. The third kappa shape index (κ3) is 3.74. The van der Waals surface area contributed by atoms with Crippen LogP contribution in [0.25, 0.3) is 11.1 Å². The van der Waals surface area contributed by atoms with Crippen LogP contribution in [0.4, 0.5) is 0 Å². The number of nitrogens with one attached hydrogen (secondary N) is 1. The maximum Gasteiger partial charge on any atom is 0.225 e.